The molecule has 0 aliphatic heterocycles. The molecule has 0 bridgehead atoms. The van der Waals surface area contributed by atoms with Crippen LogP contribution in [-0.2, 0) is 24.3 Å². The number of benzene rings is 3. The van der Waals surface area contributed by atoms with E-state index in [4.69, 9.17) is 14.7 Å². The predicted octanol–water partition coefficient (Wildman–Crippen LogP) is 5.90. The van der Waals surface area contributed by atoms with Crippen LogP contribution < -0.4 is 4.74 Å². The maximum atomic E-state index is 15.4. The number of ether oxygens (including phenoxy) is 2. The van der Waals surface area contributed by atoms with E-state index in [1.165, 1.54) is 42.5 Å². The number of carbonyl (C=O) groups is 1. The molecule has 2 aromatic heterocycles. The Bertz CT molecular complexity index is 1850. The summed E-state index contributed by atoms with van der Waals surface area (Å²) < 4.78 is 56.8. The van der Waals surface area contributed by atoms with Crippen LogP contribution in [0.1, 0.15) is 32.9 Å². The smallest absolute Gasteiger partial charge is 0.335 e. The fraction of sp³-hybridized carbons (Fsp3) is 0.161. The van der Waals surface area contributed by atoms with Crippen molar-refractivity contribution >= 4 is 17.0 Å². The van der Waals surface area contributed by atoms with E-state index in [9.17, 15) is 18.7 Å². The van der Waals surface area contributed by atoms with E-state index in [0.29, 0.717) is 30.0 Å². The third-order valence-corrected chi connectivity index (χ3v) is 6.65. The molecule has 5 rings (SSSR count). The van der Waals surface area contributed by atoms with Gasteiger partial charge in [-0.15, -0.1) is 0 Å². The number of pyridine rings is 1. The number of nitriles is 1. The third-order valence-electron chi connectivity index (χ3n) is 6.65. The molecule has 0 aliphatic rings. The van der Waals surface area contributed by atoms with Crippen LogP contribution in [-0.4, -0.2) is 39.3 Å². The first-order chi connectivity index (χ1) is 20.3. The second-order valence-electron chi connectivity index (χ2n) is 9.35. The molecule has 0 saturated carbocycles. The van der Waals surface area contributed by atoms with Crippen LogP contribution in [0.3, 0.4) is 0 Å². The van der Waals surface area contributed by atoms with Gasteiger partial charge in [0.15, 0.2) is 0 Å². The van der Waals surface area contributed by atoms with Gasteiger partial charge in [-0.25, -0.2) is 27.9 Å². The summed E-state index contributed by atoms with van der Waals surface area (Å²) in [5, 5.41) is 18.3. The van der Waals surface area contributed by atoms with Gasteiger partial charge in [-0.2, -0.15) is 5.26 Å². The van der Waals surface area contributed by atoms with Gasteiger partial charge in [0.25, 0.3) is 0 Å². The topological polar surface area (TPSA) is 110 Å². The van der Waals surface area contributed by atoms with Gasteiger partial charge in [0.2, 0.25) is 5.88 Å². The largest absolute Gasteiger partial charge is 0.478 e. The van der Waals surface area contributed by atoms with Crippen molar-refractivity contribution in [1.82, 2.24) is 14.5 Å². The second kappa shape index (κ2) is 12.1. The lowest BCUT2D eigenvalue weighted by Crippen LogP contribution is -2.10. The number of halogens is 3. The van der Waals surface area contributed by atoms with Crippen LogP contribution in [0, 0.1) is 28.8 Å². The molecule has 0 aliphatic carbocycles. The lowest BCUT2D eigenvalue weighted by atomic mass is 10.0. The molecule has 1 N–H and O–H groups in total. The first-order valence-corrected chi connectivity index (χ1v) is 12.8. The average molecular weight is 573 g/mol. The van der Waals surface area contributed by atoms with Crippen LogP contribution in [0.2, 0.25) is 0 Å². The number of rotatable bonds is 10. The molecule has 11 heteroatoms. The molecule has 8 nitrogen and oxygen atoms in total. The fourth-order valence-corrected chi connectivity index (χ4v) is 4.47. The van der Waals surface area contributed by atoms with Gasteiger partial charge in [-0.05, 0) is 48.0 Å². The number of carboxylic acids is 1. The van der Waals surface area contributed by atoms with E-state index in [1.54, 1.807) is 17.7 Å². The zero-order valence-corrected chi connectivity index (χ0v) is 22.3. The van der Waals surface area contributed by atoms with E-state index in [1.807, 2.05) is 6.07 Å². The molecule has 0 radical (unpaired) electrons. The van der Waals surface area contributed by atoms with E-state index in [0.717, 1.165) is 18.2 Å². The lowest BCUT2D eigenvalue weighted by molar-refractivity contribution is 0.0697. The number of hydrogen-bond acceptors (Lipinski definition) is 6. The van der Waals surface area contributed by atoms with Crippen LogP contribution >= 0.6 is 0 Å². The Morgan fingerprint density at radius 1 is 0.952 bits per heavy atom. The first-order valence-electron chi connectivity index (χ1n) is 12.8. The molecule has 0 spiro atoms. The quantitative estimate of drug-likeness (QED) is 0.222. The van der Waals surface area contributed by atoms with Gasteiger partial charge in [-0.1, -0.05) is 18.2 Å². The number of fused-ring (bicyclic) bond motifs is 1. The Hall–Kier alpha value is -5.21. The molecule has 42 heavy (non-hydrogen) atoms. The number of aromatic carboxylic acids is 1. The molecule has 0 fully saturated rings. The number of nitrogens with zero attached hydrogens (tertiary/aromatic N) is 4. The van der Waals surface area contributed by atoms with Gasteiger partial charge in [0, 0.05) is 37.3 Å². The van der Waals surface area contributed by atoms with Gasteiger partial charge < -0.3 is 19.1 Å². The second-order valence-corrected chi connectivity index (χ2v) is 9.35. The molecule has 3 aromatic carbocycles. The third kappa shape index (κ3) is 5.94. The minimum atomic E-state index is -1.07. The Labute approximate surface area is 238 Å². The summed E-state index contributed by atoms with van der Waals surface area (Å²) >= 11 is 0. The summed E-state index contributed by atoms with van der Waals surface area (Å²) in [4.78, 5) is 20.2. The minimum Gasteiger partial charge on any atom is -0.478 e. The Morgan fingerprint density at radius 3 is 2.45 bits per heavy atom. The zero-order valence-electron chi connectivity index (χ0n) is 22.3. The summed E-state index contributed by atoms with van der Waals surface area (Å²) in [6.45, 7) is 0.499. The highest BCUT2D eigenvalue weighted by molar-refractivity contribution is 5.92. The highest BCUT2D eigenvalue weighted by Crippen LogP contribution is 2.28. The van der Waals surface area contributed by atoms with Crippen LogP contribution in [0.15, 0.2) is 66.7 Å². The minimum absolute atomic E-state index is 0.00670. The molecule has 0 unspecified atom stereocenters. The van der Waals surface area contributed by atoms with Crippen molar-refractivity contribution in [2.75, 3.05) is 13.7 Å². The summed E-state index contributed by atoms with van der Waals surface area (Å²) in [5.41, 5.74) is 1.92. The highest BCUT2D eigenvalue weighted by atomic mass is 19.1. The van der Waals surface area contributed by atoms with Gasteiger partial charge in [0.05, 0.1) is 34.8 Å². The molecule has 0 amide bonds. The van der Waals surface area contributed by atoms with Crippen molar-refractivity contribution in [3.05, 3.63) is 112 Å². The zero-order chi connectivity index (χ0) is 29.8. The molecule has 5 aromatic rings. The van der Waals surface area contributed by atoms with Crippen molar-refractivity contribution < 1.29 is 32.5 Å². The standard InChI is InChI=1S/C31H23F3N4O4/c1-41-11-10-38-27-14-21(31(39)40)6-8-26(27)36-28(38)15-19-4-5-20(13-25(19)34)30-23(32)7-9-29(37-30)42-17-22-3-2-18(16-35)12-24(22)33/h2-9,12-14H,10-11,15,17H2,1H3,(H,39,40). The lowest BCUT2D eigenvalue weighted by Gasteiger charge is -2.11. The molecule has 212 valence electrons. The summed E-state index contributed by atoms with van der Waals surface area (Å²) in [7, 11) is 1.54. The normalized spacial score (nSPS) is 11.0. The number of imidazole rings is 1. The molecular formula is C31H23F3N4O4. The van der Waals surface area contributed by atoms with Crippen molar-refractivity contribution in [2.45, 2.75) is 19.6 Å². The van der Waals surface area contributed by atoms with E-state index in [-0.39, 0.29) is 52.4 Å². The Balaban J connectivity index is 1.39. The van der Waals surface area contributed by atoms with E-state index < -0.39 is 23.4 Å². The number of carboxylic acid groups (broad SMARTS) is 1. The van der Waals surface area contributed by atoms with Gasteiger partial charge in [0.1, 0.15) is 35.6 Å². The Kier molecular flexibility index (Phi) is 8.17. The Morgan fingerprint density at radius 2 is 1.74 bits per heavy atom. The molecule has 0 saturated heterocycles. The maximum Gasteiger partial charge on any atom is 0.335 e. The van der Waals surface area contributed by atoms with Crippen LogP contribution in [0.5, 0.6) is 5.88 Å². The summed E-state index contributed by atoms with van der Waals surface area (Å²) in [6, 6.07) is 17.0. The van der Waals surface area contributed by atoms with Crippen LogP contribution in [0.4, 0.5) is 13.2 Å². The fourth-order valence-electron chi connectivity index (χ4n) is 4.47. The van der Waals surface area contributed by atoms with Crippen molar-refractivity contribution in [2.24, 2.45) is 0 Å². The maximum absolute atomic E-state index is 15.4. The van der Waals surface area contributed by atoms with Crippen molar-refractivity contribution in [3.8, 4) is 23.2 Å². The summed E-state index contributed by atoms with van der Waals surface area (Å²) in [5.74, 6) is -2.49. The molecular weight excluding hydrogens is 549 g/mol. The van der Waals surface area contributed by atoms with Gasteiger partial charge in [-0.3, -0.25) is 0 Å². The molecule has 2 heterocycles. The number of aromatic nitrogens is 3. The van der Waals surface area contributed by atoms with Crippen molar-refractivity contribution in [3.63, 3.8) is 0 Å². The summed E-state index contributed by atoms with van der Waals surface area (Å²) in [6.07, 6.45) is 0.0854. The first kappa shape index (κ1) is 28.3. The SMILES string of the molecule is COCCn1c(Cc2ccc(-c3nc(OCc4ccc(C#N)cc4F)ccc3F)cc2F)nc2ccc(C(=O)O)cc21. The molecule has 0 atom stereocenters. The van der Waals surface area contributed by atoms with Crippen molar-refractivity contribution in [1.29, 1.82) is 5.26 Å². The highest BCUT2D eigenvalue weighted by Gasteiger charge is 2.17. The van der Waals surface area contributed by atoms with E-state index in [2.05, 4.69) is 9.97 Å². The number of methoxy groups -OCH3 is 1. The predicted molar refractivity (Wildman–Crippen MR) is 146 cm³/mol. The number of hydrogen-bond donors (Lipinski definition) is 1. The van der Waals surface area contributed by atoms with E-state index >= 15 is 4.39 Å². The average Bonchev–Trinajstić information content (AvgIpc) is 3.33. The van der Waals surface area contributed by atoms with Gasteiger partial charge >= 0.3 is 5.97 Å². The monoisotopic (exact) mass is 572 g/mol. The van der Waals surface area contributed by atoms with Crippen LogP contribution in [0.25, 0.3) is 22.3 Å².